The van der Waals surface area contributed by atoms with Crippen LogP contribution < -0.4 is 14.8 Å². The number of ether oxygens (including phenoxy) is 4. The van der Waals surface area contributed by atoms with E-state index in [1.54, 1.807) is 7.11 Å². The topological polar surface area (TPSA) is 109 Å². The lowest BCUT2D eigenvalue weighted by atomic mass is 9.94. The van der Waals surface area contributed by atoms with Gasteiger partial charge in [0.05, 0.1) is 14.2 Å². The number of carbonyl (C=O) groups excluding carboxylic acids is 2. The molecular formula is C24H29N3O6S. The summed E-state index contributed by atoms with van der Waals surface area (Å²) in [6.45, 7) is 4.85. The maximum absolute atomic E-state index is 12.4. The maximum Gasteiger partial charge on any atom is 0.342 e. The Morgan fingerprint density at radius 3 is 2.74 bits per heavy atom. The predicted octanol–water partition coefficient (Wildman–Crippen LogP) is 4.29. The molecule has 0 bridgehead atoms. The van der Waals surface area contributed by atoms with Crippen LogP contribution in [-0.4, -0.2) is 42.9 Å². The third-order valence-corrected chi connectivity index (χ3v) is 7.05. The zero-order valence-corrected chi connectivity index (χ0v) is 20.7. The minimum atomic E-state index is -0.379. The van der Waals surface area contributed by atoms with Crippen molar-refractivity contribution < 1.29 is 28.5 Å². The average Bonchev–Trinajstić information content (AvgIpc) is 3.58. The van der Waals surface area contributed by atoms with E-state index in [-0.39, 0.29) is 24.6 Å². The fourth-order valence-corrected chi connectivity index (χ4v) is 5.14. The van der Waals surface area contributed by atoms with Crippen molar-refractivity contribution in [3.63, 3.8) is 0 Å². The number of fused-ring (bicyclic) bond motifs is 1. The predicted molar refractivity (Wildman–Crippen MR) is 127 cm³/mol. The molecule has 2 aliphatic heterocycles. The second-order valence-corrected chi connectivity index (χ2v) is 9.36. The van der Waals surface area contributed by atoms with Crippen molar-refractivity contribution in [2.24, 2.45) is 0 Å². The molecule has 34 heavy (non-hydrogen) atoms. The molecule has 10 heteroatoms. The van der Waals surface area contributed by atoms with Crippen LogP contribution in [0.25, 0.3) is 0 Å². The summed E-state index contributed by atoms with van der Waals surface area (Å²) in [5, 5.41) is 12.3. The number of rotatable bonds is 9. The molecule has 0 spiro atoms. The number of cyclic esters (lactones) is 1. The Bertz CT molecular complexity index is 1120. The summed E-state index contributed by atoms with van der Waals surface area (Å²) in [4.78, 5) is 24.7. The van der Waals surface area contributed by atoms with Crippen LogP contribution in [0.3, 0.4) is 0 Å². The minimum Gasteiger partial charge on any atom is -0.496 e. The number of nitrogens with zero attached hydrogens (tertiary/aromatic N) is 2. The quantitative estimate of drug-likeness (QED) is 0.412. The maximum atomic E-state index is 12.4. The van der Waals surface area contributed by atoms with Gasteiger partial charge >= 0.3 is 5.97 Å². The van der Waals surface area contributed by atoms with E-state index in [9.17, 15) is 9.59 Å². The molecule has 2 aromatic rings. The van der Waals surface area contributed by atoms with Crippen LogP contribution in [0.5, 0.6) is 11.5 Å². The standard InChI is InChI=1S/C24H29N3O6S/c1-13(8-10-18(28)25-24-27-26-22(34-24)17-6-5-11-32-17)7-9-15-20(30-3)14(2)16-12-33-23(29)19(16)21(15)31-4/h7,17H,5-6,8-12H2,1-4H3,(H,25,27,28)/b13-7+. The van der Waals surface area contributed by atoms with Crippen molar-refractivity contribution >= 4 is 28.3 Å². The highest BCUT2D eigenvalue weighted by Crippen LogP contribution is 2.42. The Morgan fingerprint density at radius 1 is 1.24 bits per heavy atom. The zero-order valence-electron chi connectivity index (χ0n) is 19.9. The number of amides is 1. The van der Waals surface area contributed by atoms with E-state index in [1.807, 2.05) is 19.9 Å². The van der Waals surface area contributed by atoms with E-state index < -0.39 is 0 Å². The minimum absolute atomic E-state index is 0.00739. The van der Waals surface area contributed by atoms with Gasteiger partial charge < -0.3 is 24.3 Å². The number of allylic oxidation sites excluding steroid dienone is 2. The van der Waals surface area contributed by atoms with Gasteiger partial charge in [0, 0.05) is 24.2 Å². The summed E-state index contributed by atoms with van der Waals surface area (Å²) in [5.74, 6) is 0.679. The monoisotopic (exact) mass is 487 g/mol. The molecule has 1 unspecified atom stereocenters. The number of carbonyl (C=O) groups is 2. The average molecular weight is 488 g/mol. The summed E-state index contributed by atoms with van der Waals surface area (Å²) in [7, 11) is 3.14. The van der Waals surface area contributed by atoms with Crippen molar-refractivity contribution in [2.45, 2.75) is 58.7 Å². The van der Waals surface area contributed by atoms with Gasteiger partial charge in [-0.25, -0.2) is 4.79 Å². The van der Waals surface area contributed by atoms with Gasteiger partial charge in [-0.3, -0.25) is 4.79 Å². The van der Waals surface area contributed by atoms with E-state index in [0.717, 1.165) is 46.7 Å². The zero-order chi connectivity index (χ0) is 24.2. The molecule has 1 aromatic heterocycles. The molecule has 4 rings (SSSR count). The van der Waals surface area contributed by atoms with Crippen molar-refractivity contribution in [3.8, 4) is 11.5 Å². The summed E-state index contributed by atoms with van der Waals surface area (Å²) >= 11 is 1.36. The van der Waals surface area contributed by atoms with Crippen molar-refractivity contribution in [1.82, 2.24) is 10.2 Å². The Balaban J connectivity index is 1.39. The molecule has 0 radical (unpaired) electrons. The molecule has 1 atom stereocenters. The molecular weight excluding hydrogens is 458 g/mol. The molecule has 9 nitrogen and oxygen atoms in total. The highest BCUT2D eigenvalue weighted by atomic mass is 32.1. The van der Waals surface area contributed by atoms with Gasteiger partial charge in [-0.05, 0) is 45.1 Å². The normalized spacial score (nSPS) is 17.5. The fourth-order valence-electron chi connectivity index (χ4n) is 4.29. The molecule has 1 saturated heterocycles. The van der Waals surface area contributed by atoms with Gasteiger partial charge in [0.15, 0.2) is 0 Å². The number of esters is 1. The van der Waals surface area contributed by atoms with Crippen LogP contribution in [0, 0.1) is 6.92 Å². The number of methoxy groups -OCH3 is 2. The Hall–Kier alpha value is -2.98. The van der Waals surface area contributed by atoms with Crippen LogP contribution >= 0.6 is 11.3 Å². The Labute approximate surface area is 202 Å². The van der Waals surface area contributed by atoms with Gasteiger partial charge in [-0.2, -0.15) is 0 Å². The molecule has 182 valence electrons. The lowest BCUT2D eigenvalue weighted by molar-refractivity contribution is -0.116. The molecule has 1 N–H and O–H groups in total. The first-order chi connectivity index (χ1) is 16.4. The number of hydrogen-bond acceptors (Lipinski definition) is 9. The lowest BCUT2D eigenvalue weighted by Gasteiger charge is -2.18. The molecule has 1 fully saturated rings. The van der Waals surface area contributed by atoms with Crippen LogP contribution in [0.15, 0.2) is 11.6 Å². The number of benzene rings is 1. The first kappa shape index (κ1) is 24.2. The van der Waals surface area contributed by atoms with E-state index in [4.69, 9.17) is 18.9 Å². The Morgan fingerprint density at radius 2 is 2.03 bits per heavy atom. The summed E-state index contributed by atoms with van der Waals surface area (Å²) < 4.78 is 22.1. The van der Waals surface area contributed by atoms with Gasteiger partial charge in [0.1, 0.15) is 34.8 Å². The third-order valence-electron chi connectivity index (χ3n) is 6.12. The van der Waals surface area contributed by atoms with Crippen molar-refractivity contribution in [2.75, 3.05) is 26.1 Å². The van der Waals surface area contributed by atoms with E-state index >= 15 is 0 Å². The van der Waals surface area contributed by atoms with Gasteiger partial charge in [0.25, 0.3) is 0 Å². The first-order valence-corrected chi connectivity index (χ1v) is 12.1. The van der Waals surface area contributed by atoms with Crippen LogP contribution in [0.4, 0.5) is 5.13 Å². The molecule has 2 aliphatic rings. The second-order valence-electron chi connectivity index (χ2n) is 8.35. The number of hydrogen-bond donors (Lipinski definition) is 1. The van der Waals surface area contributed by atoms with Crippen LogP contribution in [-0.2, 0) is 27.3 Å². The van der Waals surface area contributed by atoms with Crippen LogP contribution in [0.2, 0.25) is 0 Å². The molecule has 0 aliphatic carbocycles. The second kappa shape index (κ2) is 10.5. The molecule has 1 amide bonds. The van der Waals surface area contributed by atoms with Gasteiger partial charge in [-0.15, -0.1) is 10.2 Å². The van der Waals surface area contributed by atoms with E-state index in [2.05, 4.69) is 15.5 Å². The first-order valence-electron chi connectivity index (χ1n) is 11.3. The van der Waals surface area contributed by atoms with E-state index in [1.165, 1.54) is 18.4 Å². The van der Waals surface area contributed by atoms with Crippen molar-refractivity contribution in [1.29, 1.82) is 0 Å². The molecule has 1 aromatic carbocycles. The largest absolute Gasteiger partial charge is 0.496 e. The lowest BCUT2D eigenvalue weighted by Crippen LogP contribution is -2.11. The Kier molecular flexibility index (Phi) is 7.47. The highest BCUT2D eigenvalue weighted by molar-refractivity contribution is 7.15. The van der Waals surface area contributed by atoms with Crippen molar-refractivity contribution in [3.05, 3.63) is 38.9 Å². The molecule has 0 saturated carbocycles. The summed E-state index contributed by atoms with van der Waals surface area (Å²) in [6.07, 6.45) is 5.38. The molecule has 3 heterocycles. The van der Waals surface area contributed by atoms with Gasteiger partial charge in [0.2, 0.25) is 11.0 Å². The summed E-state index contributed by atoms with van der Waals surface area (Å²) in [6, 6.07) is 0. The smallest absolute Gasteiger partial charge is 0.342 e. The van der Waals surface area contributed by atoms with Crippen LogP contribution in [0.1, 0.15) is 70.8 Å². The number of nitrogens with one attached hydrogen (secondary N) is 1. The highest BCUT2D eigenvalue weighted by Gasteiger charge is 2.32. The SMILES string of the molecule is COc1c(C)c2c(c(OC)c1C/C=C(\C)CCC(=O)Nc1nnc(C3CCCO3)s1)C(=O)OC2. The fraction of sp³-hybridized carbons (Fsp3) is 0.500. The van der Waals surface area contributed by atoms with Gasteiger partial charge in [-0.1, -0.05) is 23.0 Å². The number of aromatic nitrogens is 2. The third kappa shape index (κ3) is 4.92. The number of anilines is 1. The summed E-state index contributed by atoms with van der Waals surface area (Å²) in [5.41, 5.74) is 3.99. The van der Waals surface area contributed by atoms with E-state index in [0.29, 0.717) is 41.5 Å².